The lowest BCUT2D eigenvalue weighted by molar-refractivity contribution is 0.358. The number of nitrogens with one attached hydrogen (secondary N) is 1. The van der Waals surface area contributed by atoms with E-state index in [1.807, 2.05) is 12.1 Å². The van der Waals surface area contributed by atoms with Gasteiger partial charge >= 0.3 is 0 Å². The van der Waals surface area contributed by atoms with Crippen LogP contribution in [0.15, 0.2) is 29.2 Å². The van der Waals surface area contributed by atoms with Crippen molar-refractivity contribution in [2.75, 3.05) is 5.75 Å². The predicted molar refractivity (Wildman–Crippen MR) is 73.3 cm³/mol. The minimum absolute atomic E-state index is 0.0569. The molecule has 0 aromatic heterocycles. The standard InChI is InChI=1S/C14H21NO2S/c1-4-12(10(2)3)15-13-9-18(16,17)14-8-6-5-7-11(13)14/h5-8,10,12-13,15H,4,9H2,1-3H3. The van der Waals surface area contributed by atoms with E-state index in [0.717, 1.165) is 12.0 Å². The average molecular weight is 267 g/mol. The smallest absolute Gasteiger partial charge is 0.180 e. The van der Waals surface area contributed by atoms with E-state index in [4.69, 9.17) is 0 Å². The van der Waals surface area contributed by atoms with E-state index >= 15 is 0 Å². The Morgan fingerprint density at radius 1 is 1.33 bits per heavy atom. The summed E-state index contributed by atoms with van der Waals surface area (Å²) < 4.78 is 24.1. The maximum Gasteiger partial charge on any atom is 0.180 e. The van der Waals surface area contributed by atoms with Gasteiger partial charge in [0.1, 0.15) is 0 Å². The molecule has 4 heteroatoms. The second-order valence-electron chi connectivity index (χ2n) is 5.30. The van der Waals surface area contributed by atoms with Crippen molar-refractivity contribution in [1.29, 1.82) is 0 Å². The summed E-state index contributed by atoms with van der Waals surface area (Å²) in [7, 11) is -3.10. The fourth-order valence-electron chi connectivity index (χ4n) is 2.63. The summed E-state index contributed by atoms with van der Waals surface area (Å²) in [5, 5.41) is 3.50. The van der Waals surface area contributed by atoms with Gasteiger partial charge in [0, 0.05) is 12.1 Å². The molecule has 1 aromatic carbocycles. The molecule has 0 saturated heterocycles. The van der Waals surface area contributed by atoms with E-state index in [1.165, 1.54) is 0 Å². The Morgan fingerprint density at radius 3 is 2.61 bits per heavy atom. The predicted octanol–water partition coefficient (Wildman–Crippen LogP) is 2.54. The van der Waals surface area contributed by atoms with Gasteiger partial charge in [-0.2, -0.15) is 0 Å². The van der Waals surface area contributed by atoms with Crippen LogP contribution in [0.3, 0.4) is 0 Å². The van der Waals surface area contributed by atoms with Crippen molar-refractivity contribution in [1.82, 2.24) is 5.32 Å². The molecule has 1 aromatic rings. The molecular formula is C14H21NO2S. The van der Waals surface area contributed by atoms with Gasteiger partial charge in [-0.15, -0.1) is 0 Å². The van der Waals surface area contributed by atoms with Crippen molar-refractivity contribution in [2.45, 2.75) is 44.2 Å². The van der Waals surface area contributed by atoms with Gasteiger partial charge < -0.3 is 5.32 Å². The first kappa shape index (κ1) is 13.6. The quantitative estimate of drug-likeness (QED) is 0.912. The van der Waals surface area contributed by atoms with Crippen molar-refractivity contribution in [3.05, 3.63) is 29.8 Å². The fraction of sp³-hybridized carbons (Fsp3) is 0.571. The Morgan fingerprint density at radius 2 is 2.00 bits per heavy atom. The summed E-state index contributed by atoms with van der Waals surface area (Å²) in [6.07, 6.45) is 1.01. The maximum atomic E-state index is 12.1. The van der Waals surface area contributed by atoms with Crippen molar-refractivity contribution < 1.29 is 8.42 Å². The largest absolute Gasteiger partial charge is 0.306 e. The number of fused-ring (bicyclic) bond motifs is 1. The summed E-state index contributed by atoms with van der Waals surface area (Å²) in [5.74, 6) is 0.695. The third-order valence-corrected chi connectivity index (χ3v) is 5.49. The molecule has 1 N–H and O–H groups in total. The zero-order valence-electron chi connectivity index (χ0n) is 11.2. The highest BCUT2D eigenvalue weighted by atomic mass is 32.2. The molecule has 1 heterocycles. The lowest BCUT2D eigenvalue weighted by atomic mass is 9.99. The minimum atomic E-state index is -3.10. The molecule has 0 aliphatic carbocycles. The van der Waals surface area contributed by atoms with E-state index in [1.54, 1.807) is 12.1 Å². The molecule has 0 fully saturated rings. The molecule has 0 spiro atoms. The van der Waals surface area contributed by atoms with Crippen LogP contribution in [0, 0.1) is 5.92 Å². The highest BCUT2D eigenvalue weighted by Crippen LogP contribution is 2.33. The molecule has 0 bridgehead atoms. The summed E-state index contributed by atoms with van der Waals surface area (Å²) in [5.41, 5.74) is 0.927. The highest BCUT2D eigenvalue weighted by molar-refractivity contribution is 7.91. The lowest BCUT2D eigenvalue weighted by Crippen LogP contribution is -2.37. The van der Waals surface area contributed by atoms with Crippen LogP contribution in [0.4, 0.5) is 0 Å². The molecular weight excluding hydrogens is 246 g/mol. The SMILES string of the molecule is CCC(NC1CS(=O)(=O)c2ccccc21)C(C)C. The molecule has 3 nitrogen and oxygen atoms in total. The first-order valence-electron chi connectivity index (χ1n) is 6.53. The van der Waals surface area contributed by atoms with Crippen molar-refractivity contribution >= 4 is 9.84 Å². The number of rotatable bonds is 4. The molecule has 0 saturated carbocycles. The Bertz CT molecular complexity index is 522. The maximum absolute atomic E-state index is 12.1. The first-order valence-corrected chi connectivity index (χ1v) is 8.18. The molecule has 2 unspecified atom stereocenters. The second kappa shape index (κ2) is 5.02. The van der Waals surface area contributed by atoms with Crippen LogP contribution >= 0.6 is 0 Å². The van der Waals surface area contributed by atoms with Crippen LogP contribution in [0.25, 0.3) is 0 Å². The summed E-state index contributed by atoms with van der Waals surface area (Å²) in [6, 6.07) is 7.63. The molecule has 100 valence electrons. The fourth-order valence-corrected chi connectivity index (χ4v) is 4.38. The van der Waals surface area contributed by atoms with Crippen molar-refractivity contribution in [2.24, 2.45) is 5.92 Å². The van der Waals surface area contributed by atoms with E-state index in [2.05, 4.69) is 26.1 Å². The van der Waals surface area contributed by atoms with Crippen LogP contribution in [0.2, 0.25) is 0 Å². The normalized spacial score (nSPS) is 23.0. The molecule has 2 atom stereocenters. The van der Waals surface area contributed by atoms with E-state index in [0.29, 0.717) is 16.9 Å². The van der Waals surface area contributed by atoms with Crippen molar-refractivity contribution in [3.8, 4) is 0 Å². The van der Waals surface area contributed by atoms with E-state index in [-0.39, 0.29) is 11.8 Å². The Kier molecular flexibility index (Phi) is 3.78. The highest BCUT2D eigenvalue weighted by Gasteiger charge is 2.35. The van der Waals surface area contributed by atoms with Crippen LogP contribution in [-0.2, 0) is 9.84 Å². The second-order valence-corrected chi connectivity index (χ2v) is 7.30. The van der Waals surface area contributed by atoms with E-state index < -0.39 is 9.84 Å². The minimum Gasteiger partial charge on any atom is -0.306 e. The third-order valence-electron chi connectivity index (χ3n) is 3.68. The number of benzene rings is 1. The molecule has 18 heavy (non-hydrogen) atoms. The number of sulfone groups is 1. The Balaban J connectivity index is 2.28. The van der Waals surface area contributed by atoms with Gasteiger partial charge in [0.05, 0.1) is 10.6 Å². The van der Waals surface area contributed by atoms with Gasteiger partial charge in [-0.25, -0.2) is 8.42 Å². The molecule has 1 aliphatic rings. The average Bonchev–Trinajstić information content (AvgIpc) is 2.58. The molecule has 1 aliphatic heterocycles. The van der Waals surface area contributed by atoms with Gasteiger partial charge in [0.15, 0.2) is 9.84 Å². The van der Waals surface area contributed by atoms with Gasteiger partial charge in [0.2, 0.25) is 0 Å². The zero-order valence-corrected chi connectivity index (χ0v) is 12.0. The van der Waals surface area contributed by atoms with Gasteiger partial charge in [-0.05, 0) is 24.0 Å². The van der Waals surface area contributed by atoms with Crippen LogP contribution < -0.4 is 5.32 Å². The zero-order chi connectivity index (χ0) is 13.3. The van der Waals surface area contributed by atoms with Crippen molar-refractivity contribution in [3.63, 3.8) is 0 Å². The van der Waals surface area contributed by atoms with Crippen LogP contribution in [0.5, 0.6) is 0 Å². The first-order chi connectivity index (χ1) is 8.45. The molecule has 0 amide bonds. The Hall–Kier alpha value is -0.870. The summed E-state index contributed by atoms with van der Waals surface area (Å²) >= 11 is 0. The number of hydrogen-bond donors (Lipinski definition) is 1. The lowest BCUT2D eigenvalue weighted by Gasteiger charge is -2.25. The summed E-state index contributed by atoms with van der Waals surface area (Å²) in [6.45, 7) is 6.46. The Labute approximate surface area is 110 Å². The molecule has 0 radical (unpaired) electrons. The van der Waals surface area contributed by atoms with Gasteiger partial charge in [0.25, 0.3) is 0 Å². The van der Waals surface area contributed by atoms with Gasteiger partial charge in [-0.1, -0.05) is 39.0 Å². The van der Waals surface area contributed by atoms with Crippen LogP contribution in [-0.4, -0.2) is 20.2 Å². The molecule has 2 rings (SSSR count). The van der Waals surface area contributed by atoms with Crippen LogP contribution in [0.1, 0.15) is 38.8 Å². The van der Waals surface area contributed by atoms with E-state index in [9.17, 15) is 8.42 Å². The van der Waals surface area contributed by atoms with Gasteiger partial charge in [-0.3, -0.25) is 0 Å². The topological polar surface area (TPSA) is 46.2 Å². The monoisotopic (exact) mass is 267 g/mol. The third kappa shape index (κ3) is 2.45. The summed E-state index contributed by atoms with van der Waals surface area (Å²) in [4.78, 5) is 0.501. The number of hydrogen-bond acceptors (Lipinski definition) is 3.